The molecule has 0 fully saturated rings. The summed E-state index contributed by atoms with van der Waals surface area (Å²) in [5, 5.41) is 0. The molecule has 0 aliphatic heterocycles. The van der Waals surface area contributed by atoms with Crippen molar-refractivity contribution in [2.24, 2.45) is 10.7 Å². The molecule has 0 bridgehead atoms. The Morgan fingerprint density at radius 3 is 2.39 bits per heavy atom. The van der Waals surface area contributed by atoms with Gasteiger partial charge in [0.2, 0.25) is 0 Å². The highest BCUT2D eigenvalue weighted by molar-refractivity contribution is 5.98. The van der Waals surface area contributed by atoms with Crippen molar-refractivity contribution in [2.45, 2.75) is 19.8 Å². The first kappa shape index (κ1) is 12.4. The van der Waals surface area contributed by atoms with Gasteiger partial charge in [-0.3, -0.25) is 0 Å². The molecule has 2 heteroatoms. The molecule has 0 radical (unpaired) electrons. The first-order valence-electron chi connectivity index (χ1n) is 6.16. The van der Waals surface area contributed by atoms with Crippen molar-refractivity contribution in [3.8, 4) is 0 Å². The van der Waals surface area contributed by atoms with Crippen LogP contribution in [0.4, 0.5) is 5.69 Å². The largest absolute Gasteiger partial charge is 0.383 e. The average molecular weight is 238 g/mol. The molecule has 0 saturated heterocycles. The Hall–Kier alpha value is -2.09. The Morgan fingerprint density at radius 1 is 1.00 bits per heavy atom. The maximum absolute atomic E-state index is 6.00. The number of aliphatic imine (C=N–C) groups is 1. The highest BCUT2D eigenvalue weighted by Gasteiger charge is 2.01. The summed E-state index contributed by atoms with van der Waals surface area (Å²) < 4.78 is 0. The number of amidine groups is 1. The summed E-state index contributed by atoms with van der Waals surface area (Å²) in [6, 6.07) is 18.0. The molecule has 18 heavy (non-hydrogen) atoms. The van der Waals surface area contributed by atoms with E-state index in [4.69, 9.17) is 5.73 Å². The highest BCUT2D eigenvalue weighted by Crippen LogP contribution is 2.20. The van der Waals surface area contributed by atoms with Crippen LogP contribution < -0.4 is 5.73 Å². The molecule has 2 N–H and O–H groups in total. The first-order chi connectivity index (χ1) is 8.66. The summed E-state index contributed by atoms with van der Waals surface area (Å²) in [5.74, 6) is 1.05. The lowest BCUT2D eigenvalue weighted by molar-refractivity contribution is 0.867. The molecule has 0 amide bonds. The molecule has 2 aromatic carbocycles. The molecule has 0 atom stereocenters. The third kappa shape index (κ3) is 2.98. The van der Waals surface area contributed by atoms with Gasteiger partial charge in [-0.25, -0.2) is 4.99 Å². The van der Waals surface area contributed by atoms with Gasteiger partial charge in [0.1, 0.15) is 5.84 Å². The fourth-order valence-electron chi connectivity index (χ4n) is 1.77. The van der Waals surface area contributed by atoms with Gasteiger partial charge in [0.25, 0.3) is 0 Å². The fourth-order valence-corrected chi connectivity index (χ4v) is 1.77. The molecule has 0 saturated carbocycles. The number of benzene rings is 2. The molecule has 0 aromatic heterocycles. The van der Waals surface area contributed by atoms with E-state index in [2.05, 4.69) is 31.0 Å². The molecule has 0 spiro atoms. The molecular weight excluding hydrogens is 220 g/mol. The third-order valence-corrected chi connectivity index (χ3v) is 2.86. The summed E-state index contributed by atoms with van der Waals surface area (Å²) in [6.07, 6.45) is 0. The Morgan fingerprint density at radius 2 is 1.72 bits per heavy atom. The lowest BCUT2D eigenvalue weighted by atomic mass is 10.0. The molecule has 2 aromatic rings. The molecule has 0 heterocycles. The van der Waals surface area contributed by atoms with Gasteiger partial charge in [-0.1, -0.05) is 56.3 Å². The molecule has 0 unspecified atom stereocenters. The second-order valence-electron chi connectivity index (χ2n) is 4.61. The van der Waals surface area contributed by atoms with Crippen molar-refractivity contribution in [3.05, 3.63) is 65.7 Å². The molecule has 0 aliphatic carbocycles. The zero-order valence-electron chi connectivity index (χ0n) is 10.8. The minimum atomic E-state index is 0.498. The van der Waals surface area contributed by atoms with E-state index >= 15 is 0 Å². The van der Waals surface area contributed by atoms with Crippen LogP contribution in [-0.4, -0.2) is 5.84 Å². The second kappa shape index (κ2) is 5.50. The van der Waals surface area contributed by atoms with Crippen molar-refractivity contribution < 1.29 is 0 Å². The lowest BCUT2D eigenvalue weighted by Gasteiger charge is -2.06. The Bertz CT molecular complexity index is 542. The Labute approximate surface area is 108 Å². The van der Waals surface area contributed by atoms with Crippen LogP contribution in [0.5, 0.6) is 0 Å². The highest BCUT2D eigenvalue weighted by atomic mass is 14.9. The van der Waals surface area contributed by atoms with Crippen LogP contribution in [-0.2, 0) is 0 Å². The summed E-state index contributed by atoms with van der Waals surface area (Å²) in [4.78, 5) is 4.47. The zero-order valence-corrected chi connectivity index (χ0v) is 10.8. The van der Waals surface area contributed by atoms with E-state index in [-0.39, 0.29) is 0 Å². The summed E-state index contributed by atoms with van der Waals surface area (Å²) in [6.45, 7) is 4.34. The fraction of sp³-hybridized carbons (Fsp3) is 0.188. The van der Waals surface area contributed by atoms with Crippen molar-refractivity contribution in [1.82, 2.24) is 0 Å². The Balaban J connectivity index is 2.30. The van der Waals surface area contributed by atoms with Crippen LogP contribution in [0.1, 0.15) is 30.9 Å². The standard InChI is InChI=1S/C16H18N2/c1-12(2)14-9-6-10-15(11-14)18-16(17)13-7-4-3-5-8-13/h3-12H,1-2H3,(H2,17,18). The molecule has 0 aliphatic rings. The summed E-state index contributed by atoms with van der Waals surface area (Å²) in [7, 11) is 0. The van der Waals surface area contributed by atoms with E-state index < -0.39 is 0 Å². The second-order valence-corrected chi connectivity index (χ2v) is 4.61. The molecule has 2 rings (SSSR count). The van der Waals surface area contributed by atoms with Gasteiger partial charge in [-0.2, -0.15) is 0 Å². The number of hydrogen-bond acceptors (Lipinski definition) is 1. The van der Waals surface area contributed by atoms with E-state index in [9.17, 15) is 0 Å². The van der Waals surface area contributed by atoms with Gasteiger partial charge in [-0.05, 0) is 23.6 Å². The van der Waals surface area contributed by atoms with Crippen LogP contribution >= 0.6 is 0 Å². The van der Waals surface area contributed by atoms with Gasteiger partial charge in [0.15, 0.2) is 0 Å². The first-order valence-corrected chi connectivity index (χ1v) is 6.16. The topological polar surface area (TPSA) is 38.4 Å². The van der Waals surface area contributed by atoms with Crippen molar-refractivity contribution in [3.63, 3.8) is 0 Å². The van der Waals surface area contributed by atoms with Crippen LogP contribution in [0.3, 0.4) is 0 Å². The maximum Gasteiger partial charge on any atom is 0.131 e. The SMILES string of the molecule is CC(C)c1cccc(N=C(N)c2ccccc2)c1. The van der Waals surface area contributed by atoms with Gasteiger partial charge in [-0.15, -0.1) is 0 Å². The van der Waals surface area contributed by atoms with E-state index in [1.54, 1.807) is 0 Å². The van der Waals surface area contributed by atoms with Crippen LogP contribution in [0.25, 0.3) is 0 Å². The molecule has 2 nitrogen and oxygen atoms in total. The minimum absolute atomic E-state index is 0.498. The summed E-state index contributed by atoms with van der Waals surface area (Å²) in [5.41, 5.74) is 9.13. The van der Waals surface area contributed by atoms with Gasteiger partial charge in [0.05, 0.1) is 5.69 Å². The Kier molecular flexibility index (Phi) is 3.78. The number of nitrogens with zero attached hydrogens (tertiary/aromatic N) is 1. The number of nitrogens with two attached hydrogens (primary N) is 1. The third-order valence-electron chi connectivity index (χ3n) is 2.86. The van der Waals surface area contributed by atoms with E-state index in [0.29, 0.717) is 11.8 Å². The molecule has 92 valence electrons. The van der Waals surface area contributed by atoms with Gasteiger partial charge >= 0.3 is 0 Å². The molecular formula is C16H18N2. The van der Waals surface area contributed by atoms with Gasteiger partial charge < -0.3 is 5.73 Å². The van der Waals surface area contributed by atoms with Crippen molar-refractivity contribution in [1.29, 1.82) is 0 Å². The minimum Gasteiger partial charge on any atom is -0.383 e. The van der Waals surface area contributed by atoms with Gasteiger partial charge in [0, 0.05) is 5.56 Å². The number of hydrogen-bond donors (Lipinski definition) is 1. The predicted octanol–water partition coefficient (Wildman–Crippen LogP) is 3.85. The maximum atomic E-state index is 6.00. The van der Waals surface area contributed by atoms with Crippen molar-refractivity contribution in [2.75, 3.05) is 0 Å². The smallest absolute Gasteiger partial charge is 0.131 e. The monoisotopic (exact) mass is 238 g/mol. The summed E-state index contributed by atoms with van der Waals surface area (Å²) >= 11 is 0. The van der Waals surface area contributed by atoms with E-state index in [0.717, 1.165) is 11.3 Å². The lowest BCUT2D eigenvalue weighted by Crippen LogP contribution is -2.12. The number of rotatable bonds is 3. The van der Waals surface area contributed by atoms with Crippen LogP contribution in [0, 0.1) is 0 Å². The normalized spacial score (nSPS) is 11.8. The van der Waals surface area contributed by atoms with E-state index in [1.165, 1.54) is 5.56 Å². The van der Waals surface area contributed by atoms with Crippen LogP contribution in [0.2, 0.25) is 0 Å². The zero-order chi connectivity index (χ0) is 13.0. The van der Waals surface area contributed by atoms with Crippen LogP contribution in [0.15, 0.2) is 59.6 Å². The predicted molar refractivity (Wildman–Crippen MR) is 77.4 cm³/mol. The van der Waals surface area contributed by atoms with E-state index in [1.807, 2.05) is 42.5 Å². The quantitative estimate of drug-likeness (QED) is 0.640. The van der Waals surface area contributed by atoms with Crippen molar-refractivity contribution >= 4 is 11.5 Å². The average Bonchev–Trinajstić information content (AvgIpc) is 2.40.